The van der Waals surface area contributed by atoms with Crippen LogP contribution in [0.1, 0.15) is 28.8 Å². The monoisotopic (exact) mass is 569 g/mol. The lowest BCUT2D eigenvalue weighted by molar-refractivity contribution is -0.121. The molecule has 12 nitrogen and oxygen atoms in total. The van der Waals surface area contributed by atoms with Gasteiger partial charge in [0.2, 0.25) is 5.95 Å². The van der Waals surface area contributed by atoms with Crippen molar-refractivity contribution in [1.82, 2.24) is 24.9 Å². The van der Waals surface area contributed by atoms with Gasteiger partial charge in [-0.15, -0.1) is 0 Å². The number of aromatic nitrogens is 3. The minimum absolute atomic E-state index is 0.0149. The van der Waals surface area contributed by atoms with Crippen molar-refractivity contribution < 1.29 is 14.3 Å². The van der Waals surface area contributed by atoms with Gasteiger partial charge >= 0.3 is 0 Å². The summed E-state index contributed by atoms with van der Waals surface area (Å²) in [5.74, 6) is 2.09. The van der Waals surface area contributed by atoms with E-state index in [0.717, 1.165) is 44.4 Å². The van der Waals surface area contributed by atoms with Crippen LogP contribution in [0.5, 0.6) is 5.75 Å². The molecule has 0 spiro atoms. The van der Waals surface area contributed by atoms with Crippen molar-refractivity contribution in [3.8, 4) is 5.75 Å². The molecule has 42 heavy (non-hydrogen) atoms. The third kappa shape index (κ3) is 5.50. The Labute approximate surface area is 245 Å². The molecule has 2 aromatic heterocycles. The van der Waals surface area contributed by atoms with Gasteiger partial charge in [0, 0.05) is 64.4 Å². The maximum atomic E-state index is 12.8. The van der Waals surface area contributed by atoms with Crippen molar-refractivity contribution in [2.45, 2.75) is 19.4 Å². The molecule has 0 unspecified atom stereocenters. The van der Waals surface area contributed by atoms with Crippen LogP contribution in [-0.4, -0.2) is 91.0 Å². The van der Waals surface area contributed by atoms with Crippen LogP contribution in [0.4, 0.5) is 34.8 Å². The van der Waals surface area contributed by atoms with E-state index in [9.17, 15) is 9.59 Å². The molecule has 12 heteroatoms. The Hall–Kier alpha value is -4.55. The minimum atomic E-state index is -0.131. The van der Waals surface area contributed by atoms with Gasteiger partial charge in [0.05, 0.1) is 5.56 Å². The van der Waals surface area contributed by atoms with E-state index in [1.807, 2.05) is 30.3 Å². The van der Waals surface area contributed by atoms with E-state index in [0.29, 0.717) is 47.8 Å². The Morgan fingerprint density at radius 3 is 2.74 bits per heavy atom. The number of likely N-dealkylation sites (N-methyl/N-ethyl adjacent to an activating group) is 3. The zero-order valence-corrected chi connectivity index (χ0v) is 24.2. The van der Waals surface area contributed by atoms with Gasteiger partial charge in [-0.2, -0.15) is 4.98 Å². The Kier molecular flexibility index (Phi) is 7.72. The minimum Gasteiger partial charge on any atom is -0.480 e. The lowest BCUT2D eigenvalue weighted by Gasteiger charge is -2.34. The average Bonchev–Trinajstić information content (AvgIpc) is 3.12. The Balaban J connectivity index is 1.39. The van der Waals surface area contributed by atoms with Crippen molar-refractivity contribution in [1.29, 1.82) is 0 Å². The standard InChI is InChI=1S/C30H35N9O3/c1-35-14-15-36(2)24-9-8-23(16-21(24)18-35)32-30-31-17-22(19-40)28(34-30)39-26-11-10-25-29(33-26)38(27(41)20-42-25)13-7-5-4-6-12-37(39)3/h4,6,8-11,16-17,19H,5,7,12-15,18,20H2,1-3H3,(H,31,32,34)/b6-4-. The van der Waals surface area contributed by atoms with E-state index in [4.69, 9.17) is 14.7 Å². The topological polar surface area (TPSA) is 110 Å². The van der Waals surface area contributed by atoms with E-state index in [-0.39, 0.29) is 12.5 Å². The summed E-state index contributed by atoms with van der Waals surface area (Å²) in [4.78, 5) is 45.4. The highest BCUT2D eigenvalue weighted by molar-refractivity contribution is 5.97. The number of hydrazine groups is 1. The fourth-order valence-corrected chi connectivity index (χ4v) is 5.45. The predicted octanol–water partition coefficient (Wildman–Crippen LogP) is 3.37. The number of allylic oxidation sites excluding steroid dienone is 1. The highest BCUT2D eigenvalue weighted by Crippen LogP contribution is 2.36. The number of benzene rings is 1. The predicted molar refractivity (Wildman–Crippen MR) is 162 cm³/mol. The third-order valence-corrected chi connectivity index (χ3v) is 7.71. The van der Waals surface area contributed by atoms with Gasteiger partial charge in [0.15, 0.2) is 36.1 Å². The summed E-state index contributed by atoms with van der Waals surface area (Å²) in [6, 6.07) is 9.86. The van der Waals surface area contributed by atoms with Gasteiger partial charge in [0.1, 0.15) is 0 Å². The first-order chi connectivity index (χ1) is 20.4. The number of pyridine rings is 1. The second kappa shape index (κ2) is 11.7. The molecule has 0 atom stereocenters. The fourth-order valence-electron chi connectivity index (χ4n) is 5.45. The zero-order chi connectivity index (χ0) is 29.2. The quantitative estimate of drug-likeness (QED) is 0.369. The molecule has 6 rings (SSSR count). The molecular formula is C30H35N9O3. The molecule has 1 amide bonds. The maximum Gasteiger partial charge on any atom is 0.266 e. The number of anilines is 6. The molecule has 2 bridgehead atoms. The van der Waals surface area contributed by atoms with Crippen LogP contribution in [0.2, 0.25) is 0 Å². The van der Waals surface area contributed by atoms with E-state index in [1.54, 1.807) is 9.91 Å². The molecule has 0 fully saturated rings. The SMILES string of the molecule is CN1CCN(C)c2ccc(Nc3ncc(C=O)c(N4c5ccc6c(n5)N(CCC/C=C\CN4C)C(=O)CO6)n3)cc2C1. The summed E-state index contributed by atoms with van der Waals surface area (Å²) < 4.78 is 5.68. The maximum absolute atomic E-state index is 12.8. The lowest BCUT2D eigenvalue weighted by Crippen LogP contribution is -2.42. The Morgan fingerprint density at radius 1 is 1.00 bits per heavy atom. The highest BCUT2D eigenvalue weighted by atomic mass is 16.5. The summed E-state index contributed by atoms with van der Waals surface area (Å²) in [7, 11) is 6.13. The van der Waals surface area contributed by atoms with Crippen molar-refractivity contribution in [2.24, 2.45) is 0 Å². The first-order valence-electron chi connectivity index (χ1n) is 14.1. The van der Waals surface area contributed by atoms with Crippen molar-refractivity contribution in [3.63, 3.8) is 0 Å². The van der Waals surface area contributed by atoms with Crippen LogP contribution in [0.15, 0.2) is 48.7 Å². The molecule has 0 aliphatic carbocycles. The molecule has 3 aliphatic heterocycles. The van der Waals surface area contributed by atoms with E-state index >= 15 is 0 Å². The number of ether oxygens (including phenoxy) is 1. The largest absolute Gasteiger partial charge is 0.480 e. The molecule has 0 saturated carbocycles. The van der Waals surface area contributed by atoms with Crippen molar-refractivity contribution in [3.05, 3.63) is 59.8 Å². The molecule has 0 saturated heterocycles. The van der Waals surface area contributed by atoms with Gasteiger partial charge in [-0.3, -0.25) is 14.5 Å². The second-order valence-corrected chi connectivity index (χ2v) is 10.8. The second-order valence-electron chi connectivity index (χ2n) is 10.8. The first-order valence-corrected chi connectivity index (χ1v) is 14.1. The molecule has 1 N–H and O–H groups in total. The zero-order valence-electron chi connectivity index (χ0n) is 24.2. The van der Waals surface area contributed by atoms with Crippen molar-refractivity contribution in [2.75, 3.05) is 74.1 Å². The summed E-state index contributed by atoms with van der Waals surface area (Å²) in [6.07, 6.45) is 8.05. The van der Waals surface area contributed by atoms with Crippen LogP contribution in [0.25, 0.3) is 0 Å². The Morgan fingerprint density at radius 2 is 1.88 bits per heavy atom. The van der Waals surface area contributed by atoms with Crippen LogP contribution < -0.4 is 24.9 Å². The van der Waals surface area contributed by atoms with Gasteiger partial charge in [0.25, 0.3) is 5.91 Å². The van der Waals surface area contributed by atoms with Crippen molar-refractivity contribution >= 4 is 47.0 Å². The number of rotatable bonds is 4. The molecule has 3 aromatic rings. The number of aldehydes is 1. The molecule has 1 aromatic carbocycles. The number of nitrogens with one attached hydrogen (secondary N) is 1. The van der Waals surface area contributed by atoms with Crippen LogP contribution >= 0.6 is 0 Å². The number of hydrogen-bond acceptors (Lipinski definition) is 11. The number of nitrogens with zero attached hydrogens (tertiary/aromatic N) is 8. The van der Waals surface area contributed by atoms with E-state index in [2.05, 4.69) is 58.5 Å². The lowest BCUT2D eigenvalue weighted by atomic mass is 10.1. The number of hydrogen-bond donors (Lipinski definition) is 1. The number of carbonyl (C=O) groups excluding carboxylic acids is 2. The third-order valence-electron chi connectivity index (χ3n) is 7.71. The van der Waals surface area contributed by atoms with Crippen LogP contribution in [0.3, 0.4) is 0 Å². The molecular weight excluding hydrogens is 534 g/mol. The molecule has 0 radical (unpaired) electrons. The first kappa shape index (κ1) is 27.6. The normalized spacial score (nSPS) is 18.7. The highest BCUT2D eigenvalue weighted by Gasteiger charge is 2.30. The smallest absolute Gasteiger partial charge is 0.266 e. The number of fused-ring (bicyclic) bond motifs is 2. The fraction of sp³-hybridized carbons (Fsp3) is 0.367. The molecule has 3 aliphatic rings. The van der Waals surface area contributed by atoms with Crippen LogP contribution in [0, 0.1) is 0 Å². The van der Waals surface area contributed by atoms with Gasteiger partial charge in [-0.25, -0.2) is 20.0 Å². The number of amides is 1. The summed E-state index contributed by atoms with van der Waals surface area (Å²) in [5, 5.41) is 7.04. The van der Waals surface area contributed by atoms with Gasteiger partial charge < -0.3 is 19.9 Å². The average molecular weight is 570 g/mol. The molecule has 218 valence electrons. The van der Waals surface area contributed by atoms with Gasteiger partial charge in [-0.05, 0) is 55.8 Å². The summed E-state index contributed by atoms with van der Waals surface area (Å²) in [5.41, 5.74) is 3.57. The summed E-state index contributed by atoms with van der Waals surface area (Å²) >= 11 is 0. The molecule has 5 heterocycles. The van der Waals surface area contributed by atoms with E-state index in [1.165, 1.54) is 17.4 Å². The van der Waals surface area contributed by atoms with E-state index < -0.39 is 0 Å². The van der Waals surface area contributed by atoms with Gasteiger partial charge in [-0.1, -0.05) is 12.2 Å². The Bertz CT molecular complexity index is 1530. The van der Waals surface area contributed by atoms with Crippen LogP contribution in [-0.2, 0) is 11.3 Å². The number of carbonyl (C=O) groups is 2. The summed E-state index contributed by atoms with van der Waals surface area (Å²) in [6.45, 7) is 3.86.